The maximum atomic E-state index is 12.4. The summed E-state index contributed by atoms with van der Waals surface area (Å²) in [5, 5.41) is 0. The predicted molar refractivity (Wildman–Crippen MR) is 80.9 cm³/mol. The minimum absolute atomic E-state index is 0.358. The van der Waals surface area contributed by atoms with Crippen LogP contribution in [0, 0.1) is 11.8 Å². The standard InChI is InChI=1S/C16H32N2O/c1-4-5-15(10-11-17)8-9-16(19)18-12-13(2)6-7-14(18)3/h13-15H,4-12,17H2,1-3H3. The number of nitrogens with zero attached hydrogens (tertiary/aromatic N) is 1. The molecule has 1 saturated heterocycles. The van der Waals surface area contributed by atoms with Gasteiger partial charge in [-0.15, -0.1) is 0 Å². The molecule has 0 aliphatic carbocycles. The van der Waals surface area contributed by atoms with E-state index in [2.05, 4.69) is 25.7 Å². The van der Waals surface area contributed by atoms with Gasteiger partial charge in [0.05, 0.1) is 0 Å². The minimum atomic E-state index is 0.358. The van der Waals surface area contributed by atoms with Gasteiger partial charge in [0.1, 0.15) is 0 Å². The van der Waals surface area contributed by atoms with Crippen LogP contribution in [0.25, 0.3) is 0 Å². The molecule has 112 valence electrons. The van der Waals surface area contributed by atoms with Crippen molar-refractivity contribution in [1.82, 2.24) is 4.90 Å². The number of hydrogen-bond donors (Lipinski definition) is 1. The molecule has 1 amide bonds. The highest BCUT2D eigenvalue weighted by atomic mass is 16.2. The van der Waals surface area contributed by atoms with Crippen LogP contribution in [0.1, 0.15) is 65.7 Å². The zero-order valence-corrected chi connectivity index (χ0v) is 13.0. The van der Waals surface area contributed by atoms with Crippen LogP contribution in [-0.4, -0.2) is 29.9 Å². The van der Waals surface area contributed by atoms with Crippen molar-refractivity contribution in [2.24, 2.45) is 17.6 Å². The van der Waals surface area contributed by atoms with E-state index in [4.69, 9.17) is 5.73 Å². The molecule has 3 nitrogen and oxygen atoms in total. The lowest BCUT2D eigenvalue weighted by atomic mass is 9.92. The number of piperidine rings is 1. The van der Waals surface area contributed by atoms with Crippen LogP contribution >= 0.6 is 0 Å². The zero-order valence-electron chi connectivity index (χ0n) is 13.0. The largest absolute Gasteiger partial charge is 0.340 e. The maximum absolute atomic E-state index is 12.4. The summed E-state index contributed by atoms with van der Waals surface area (Å²) in [5.41, 5.74) is 5.65. The first-order chi connectivity index (χ1) is 9.08. The second kappa shape index (κ2) is 8.57. The summed E-state index contributed by atoms with van der Waals surface area (Å²) in [6.45, 7) is 8.35. The first kappa shape index (κ1) is 16.5. The van der Waals surface area contributed by atoms with E-state index in [1.54, 1.807) is 0 Å². The average molecular weight is 268 g/mol. The van der Waals surface area contributed by atoms with Gasteiger partial charge in [-0.3, -0.25) is 4.79 Å². The summed E-state index contributed by atoms with van der Waals surface area (Å²) in [6, 6.07) is 0.433. The molecule has 2 N–H and O–H groups in total. The summed E-state index contributed by atoms with van der Waals surface area (Å²) >= 11 is 0. The molecule has 0 aromatic carbocycles. The van der Waals surface area contributed by atoms with E-state index in [-0.39, 0.29) is 0 Å². The van der Waals surface area contributed by atoms with Gasteiger partial charge in [0.2, 0.25) is 5.91 Å². The predicted octanol–water partition coefficient (Wildman–Crippen LogP) is 3.18. The molecule has 0 spiro atoms. The molecule has 3 atom stereocenters. The smallest absolute Gasteiger partial charge is 0.222 e. The Morgan fingerprint density at radius 1 is 1.26 bits per heavy atom. The van der Waals surface area contributed by atoms with Crippen molar-refractivity contribution >= 4 is 5.91 Å². The maximum Gasteiger partial charge on any atom is 0.222 e. The third-order valence-corrected chi connectivity index (χ3v) is 4.48. The van der Waals surface area contributed by atoms with E-state index in [9.17, 15) is 4.79 Å². The normalized spacial score (nSPS) is 25.4. The van der Waals surface area contributed by atoms with E-state index < -0.39 is 0 Å². The van der Waals surface area contributed by atoms with Gasteiger partial charge in [0, 0.05) is 19.0 Å². The van der Waals surface area contributed by atoms with Crippen LogP contribution in [0.2, 0.25) is 0 Å². The van der Waals surface area contributed by atoms with Gasteiger partial charge >= 0.3 is 0 Å². The second-order valence-electron chi connectivity index (χ2n) is 6.35. The Labute approximate surface area is 118 Å². The number of amides is 1. The van der Waals surface area contributed by atoms with Crippen molar-refractivity contribution < 1.29 is 4.79 Å². The Morgan fingerprint density at radius 2 is 2.00 bits per heavy atom. The molecule has 1 aliphatic heterocycles. The SMILES string of the molecule is CCCC(CCN)CCC(=O)N1CC(C)CCC1C. The summed E-state index contributed by atoms with van der Waals surface area (Å²) in [7, 11) is 0. The van der Waals surface area contributed by atoms with E-state index in [0.29, 0.717) is 30.2 Å². The highest BCUT2D eigenvalue weighted by Crippen LogP contribution is 2.24. The number of carbonyl (C=O) groups excluding carboxylic acids is 1. The summed E-state index contributed by atoms with van der Waals surface area (Å²) in [5.74, 6) is 1.66. The molecule has 19 heavy (non-hydrogen) atoms. The number of likely N-dealkylation sites (tertiary alicyclic amines) is 1. The fourth-order valence-electron chi connectivity index (χ4n) is 3.18. The van der Waals surface area contributed by atoms with Crippen molar-refractivity contribution in [1.29, 1.82) is 0 Å². The average Bonchev–Trinajstić information content (AvgIpc) is 2.39. The summed E-state index contributed by atoms with van der Waals surface area (Å²) in [4.78, 5) is 14.5. The number of carbonyl (C=O) groups is 1. The second-order valence-corrected chi connectivity index (χ2v) is 6.35. The van der Waals surface area contributed by atoms with Gasteiger partial charge < -0.3 is 10.6 Å². The zero-order chi connectivity index (χ0) is 14.3. The molecule has 0 bridgehead atoms. The summed E-state index contributed by atoms with van der Waals surface area (Å²) < 4.78 is 0. The molecular weight excluding hydrogens is 236 g/mol. The van der Waals surface area contributed by atoms with Crippen molar-refractivity contribution in [2.75, 3.05) is 13.1 Å². The van der Waals surface area contributed by atoms with Gasteiger partial charge in [0.25, 0.3) is 0 Å². The molecule has 3 heteroatoms. The van der Waals surface area contributed by atoms with Gasteiger partial charge in [-0.05, 0) is 51.0 Å². The minimum Gasteiger partial charge on any atom is -0.340 e. The van der Waals surface area contributed by atoms with Crippen molar-refractivity contribution in [3.05, 3.63) is 0 Å². The van der Waals surface area contributed by atoms with Crippen LogP contribution in [0.4, 0.5) is 0 Å². The van der Waals surface area contributed by atoms with Crippen LogP contribution in [-0.2, 0) is 4.79 Å². The van der Waals surface area contributed by atoms with Gasteiger partial charge in [0.15, 0.2) is 0 Å². The van der Waals surface area contributed by atoms with Crippen molar-refractivity contribution in [2.45, 2.75) is 71.8 Å². The molecular formula is C16H32N2O. The highest BCUT2D eigenvalue weighted by molar-refractivity contribution is 5.76. The molecule has 1 fully saturated rings. The molecule has 1 aliphatic rings. The molecule has 0 radical (unpaired) electrons. The van der Waals surface area contributed by atoms with E-state index >= 15 is 0 Å². The Hall–Kier alpha value is -0.570. The van der Waals surface area contributed by atoms with E-state index in [0.717, 1.165) is 32.4 Å². The number of hydrogen-bond acceptors (Lipinski definition) is 2. The fourth-order valence-corrected chi connectivity index (χ4v) is 3.18. The first-order valence-electron chi connectivity index (χ1n) is 8.08. The Kier molecular flexibility index (Phi) is 7.44. The monoisotopic (exact) mass is 268 g/mol. The Balaban J connectivity index is 2.40. The molecule has 0 aromatic rings. The van der Waals surface area contributed by atoms with Crippen LogP contribution in [0.15, 0.2) is 0 Å². The molecule has 1 rings (SSSR count). The van der Waals surface area contributed by atoms with Crippen LogP contribution in [0.3, 0.4) is 0 Å². The third-order valence-electron chi connectivity index (χ3n) is 4.48. The Bertz CT molecular complexity index is 261. The lowest BCUT2D eigenvalue weighted by Gasteiger charge is -2.37. The summed E-state index contributed by atoms with van der Waals surface area (Å²) in [6.07, 6.45) is 7.60. The molecule has 0 aromatic heterocycles. The lowest BCUT2D eigenvalue weighted by molar-refractivity contribution is -0.135. The third kappa shape index (κ3) is 5.52. The van der Waals surface area contributed by atoms with Crippen LogP contribution in [0.5, 0.6) is 0 Å². The van der Waals surface area contributed by atoms with Gasteiger partial charge in [-0.1, -0.05) is 26.7 Å². The number of nitrogens with two attached hydrogens (primary N) is 1. The molecule has 1 heterocycles. The first-order valence-corrected chi connectivity index (χ1v) is 8.08. The lowest BCUT2D eigenvalue weighted by Crippen LogP contribution is -2.45. The highest BCUT2D eigenvalue weighted by Gasteiger charge is 2.26. The van der Waals surface area contributed by atoms with E-state index in [1.807, 2.05) is 0 Å². The Morgan fingerprint density at radius 3 is 2.63 bits per heavy atom. The topological polar surface area (TPSA) is 46.3 Å². The van der Waals surface area contributed by atoms with Crippen LogP contribution < -0.4 is 5.73 Å². The molecule has 3 unspecified atom stereocenters. The van der Waals surface area contributed by atoms with Crippen molar-refractivity contribution in [3.63, 3.8) is 0 Å². The molecule has 0 saturated carbocycles. The fraction of sp³-hybridized carbons (Fsp3) is 0.938. The van der Waals surface area contributed by atoms with Gasteiger partial charge in [-0.25, -0.2) is 0 Å². The van der Waals surface area contributed by atoms with Crippen molar-refractivity contribution in [3.8, 4) is 0 Å². The quantitative estimate of drug-likeness (QED) is 0.771. The van der Waals surface area contributed by atoms with E-state index in [1.165, 1.54) is 19.3 Å². The number of rotatable bonds is 7. The van der Waals surface area contributed by atoms with Gasteiger partial charge in [-0.2, -0.15) is 0 Å².